The first-order valence-electron chi connectivity index (χ1n) is 6.06. The average molecular weight is 415 g/mol. The smallest absolute Gasteiger partial charge is 0.335 e. The van der Waals surface area contributed by atoms with E-state index in [4.69, 9.17) is 9.84 Å². The van der Waals surface area contributed by atoms with Crippen LogP contribution < -0.4 is 10.1 Å². The highest BCUT2D eigenvalue weighted by Crippen LogP contribution is 2.36. The van der Waals surface area contributed by atoms with Crippen LogP contribution in [-0.2, 0) is 0 Å². The number of carboxylic acid groups (broad SMARTS) is 1. The summed E-state index contributed by atoms with van der Waals surface area (Å²) in [5.41, 5.74) is 2.64. The molecule has 0 aliphatic rings. The molecular weight excluding hydrogens is 402 g/mol. The fourth-order valence-electron chi connectivity index (χ4n) is 1.92. The lowest BCUT2D eigenvalue weighted by Gasteiger charge is -2.13. The summed E-state index contributed by atoms with van der Waals surface area (Å²) >= 11 is 6.90. The van der Waals surface area contributed by atoms with Crippen molar-refractivity contribution in [2.24, 2.45) is 0 Å². The van der Waals surface area contributed by atoms with E-state index in [-0.39, 0.29) is 0 Å². The minimum atomic E-state index is -0.925. The van der Waals surface area contributed by atoms with Crippen LogP contribution in [0.2, 0.25) is 0 Å². The average Bonchev–Trinajstić information content (AvgIpc) is 2.41. The van der Waals surface area contributed by atoms with E-state index in [0.29, 0.717) is 16.9 Å². The Morgan fingerprint density at radius 1 is 1.19 bits per heavy atom. The Hall–Kier alpha value is -1.53. The van der Waals surface area contributed by atoms with Crippen molar-refractivity contribution in [3.63, 3.8) is 0 Å². The number of ether oxygens (including phenoxy) is 1. The van der Waals surface area contributed by atoms with Gasteiger partial charge in [-0.2, -0.15) is 0 Å². The summed E-state index contributed by atoms with van der Waals surface area (Å²) in [4.78, 5) is 11.0. The van der Waals surface area contributed by atoms with Crippen LogP contribution in [0.3, 0.4) is 0 Å². The Bertz CT molecular complexity index is 702. The predicted octanol–water partition coefficient (Wildman–Crippen LogP) is 4.97. The van der Waals surface area contributed by atoms with Gasteiger partial charge >= 0.3 is 5.97 Å². The molecule has 0 spiro atoms. The van der Waals surface area contributed by atoms with E-state index in [9.17, 15) is 4.79 Å². The number of aryl methyl sites for hydroxylation is 1. The van der Waals surface area contributed by atoms with E-state index < -0.39 is 5.97 Å². The number of benzene rings is 2. The van der Waals surface area contributed by atoms with Crippen molar-refractivity contribution in [2.75, 3.05) is 12.4 Å². The van der Waals surface area contributed by atoms with E-state index >= 15 is 0 Å². The lowest BCUT2D eigenvalue weighted by molar-refractivity contribution is 0.0696. The number of carbonyl (C=O) groups is 1. The first kappa shape index (κ1) is 15.9. The first-order chi connectivity index (χ1) is 9.92. The van der Waals surface area contributed by atoms with Crippen LogP contribution in [0.15, 0.2) is 39.3 Å². The van der Waals surface area contributed by atoms with Gasteiger partial charge in [0.1, 0.15) is 5.75 Å². The summed E-state index contributed by atoms with van der Waals surface area (Å²) < 4.78 is 6.98. The number of hydrogen-bond acceptors (Lipinski definition) is 3. The number of hydrogen-bond donors (Lipinski definition) is 2. The summed E-state index contributed by atoms with van der Waals surface area (Å²) in [6, 6.07) is 8.86. The van der Waals surface area contributed by atoms with Gasteiger partial charge in [0.15, 0.2) is 0 Å². The van der Waals surface area contributed by atoms with Crippen LogP contribution in [0.5, 0.6) is 5.75 Å². The second-order valence-electron chi connectivity index (χ2n) is 4.43. The molecule has 0 bridgehead atoms. The third-order valence-corrected chi connectivity index (χ3v) is 4.25. The number of nitrogens with one attached hydrogen (secondary N) is 1. The Morgan fingerprint density at radius 3 is 2.48 bits per heavy atom. The number of rotatable bonds is 4. The molecular formula is C15H13Br2NO3. The zero-order chi connectivity index (χ0) is 15.6. The van der Waals surface area contributed by atoms with Gasteiger partial charge in [0, 0.05) is 16.2 Å². The molecule has 2 rings (SSSR count). The molecule has 4 nitrogen and oxygen atoms in total. The molecule has 2 N–H and O–H groups in total. The largest absolute Gasteiger partial charge is 0.495 e. The molecule has 0 aliphatic carbocycles. The van der Waals surface area contributed by atoms with Crippen molar-refractivity contribution >= 4 is 49.2 Å². The monoisotopic (exact) mass is 413 g/mol. The summed E-state index contributed by atoms with van der Waals surface area (Å²) in [5, 5.41) is 12.3. The maximum Gasteiger partial charge on any atom is 0.335 e. The topological polar surface area (TPSA) is 58.6 Å². The van der Waals surface area contributed by atoms with Crippen LogP contribution in [-0.4, -0.2) is 18.2 Å². The van der Waals surface area contributed by atoms with Crippen LogP contribution >= 0.6 is 31.9 Å². The number of aromatic carboxylic acids is 1. The highest BCUT2D eigenvalue weighted by molar-refractivity contribution is 9.11. The molecule has 0 aromatic heterocycles. The Balaban J connectivity index is 2.34. The molecule has 2 aromatic rings. The van der Waals surface area contributed by atoms with E-state index in [1.54, 1.807) is 32.2 Å². The molecule has 6 heteroatoms. The van der Waals surface area contributed by atoms with Gasteiger partial charge in [0.05, 0.1) is 22.8 Å². The lowest BCUT2D eigenvalue weighted by Crippen LogP contribution is -2.01. The molecule has 0 radical (unpaired) electrons. The second-order valence-corrected chi connectivity index (χ2v) is 6.14. The van der Waals surface area contributed by atoms with E-state index in [2.05, 4.69) is 37.2 Å². The van der Waals surface area contributed by atoms with Gasteiger partial charge < -0.3 is 15.2 Å². The summed E-state index contributed by atoms with van der Waals surface area (Å²) in [6.07, 6.45) is 0. The molecule has 0 fully saturated rings. The molecule has 0 saturated carbocycles. The molecule has 0 heterocycles. The van der Waals surface area contributed by atoms with Crippen LogP contribution in [0.1, 0.15) is 15.9 Å². The maximum atomic E-state index is 11.0. The van der Waals surface area contributed by atoms with E-state index in [1.807, 2.05) is 12.1 Å². The number of halogens is 2. The minimum absolute atomic E-state index is 0.299. The number of carboxylic acids is 1. The highest BCUT2D eigenvalue weighted by Gasteiger charge is 2.10. The van der Waals surface area contributed by atoms with Crippen LogP contribution in [0.4, 0.5) is 11.4 Å². The van der Waals surface area contributed by atoms with Gasteiger partial charge in [-0.3, -0.25) is 0 Å². The van der Waals surface area contributed by atoms with Gasteiger partial charge in [0.25, 0.3) is 0 Å². The Kier molecular flexibility index (Phi) is 4.90. The highest BCUT2D eigenvalue weighted by atomic mass is 79.9. The standard InChI is InChI=1S/C15H13Br2NO3/c1-8-5-9(3-4-10(8)15(19)20)18-13-7-14(21-2)12(17)6-11(13)16/h3-7,18H,1-2H3,(H,19,20). The van der Waals surface area contributed by atoms with Gasteiger partial charge in [-0.15, -0.1) is 0 Å². The third kappa shape index (κ3) is 3.57. The number of methoxy groups -OCH3 is 1. The Morgan fingerprint density at radius 2 is 1.90 bits per heavy atom. The van der Waals surface area contributed by atoms with E-state index in [1.165, 1.54) is 0 Å². The molecule has 0 saturated heterocycles. The van der Waals surface area contributed by atoms with Crippen molar-refractivity contribution in [2.45, 2.75) is 6.92 Å². The SMILES string of the molecule is COc1cc(Nc2ccc(C(=O)O)c(C)c2)c(Br)cc1Br. The minimum Gasteiger partial charge on any atom is -0.495 e. The zero-order valence-electron chi connectivity index (χ0n) is 11.4. The van der Waals surface area contributed by atoms with Crippen molar-refractivity contribution in [3.8, 4) is 5.75 Å². The Labute approximate surface area is 139 Å². The van der Waals surface area contributed by atoms with E-state index in [0.717, 1.165) is 20.3 Å². The molecule has 0 atom stereocenters. The molecule has 0 unspecified atom stereocenters. The van der Waals surface area contributed by atoms with Crippen molar-refractivity contribution in [1.29, 1.82) is 0 Å². The van der Waals surface area contributed by atoms with Crippen molar-refractivity contribution in [1.82, 2.24) is 0 Å². The number of anilines is 2. The quantitative estimate of drug-likeness (QED) is 0.741. The van der Waals surface area contributed by atoms with Gasteiger partial charge in [0.2, 0.25) is 0 Å². The maximum absolute atomic E-state index is 11.0. The lowest BCUT2D eigenvalue weighted by atomic mass is 10.1. The second kappa shape index (κ2) is 6.49. The molecule has 0 amide bonds. The molecule has 21 heavy (non-hydrogen) atoms. The fourth-order valence-corrected chi connectivity index (χ4v) is 3.17. The summed E-state index contributed by atoms with van der Waals surface area (Å²) in [7, 11) is 1.60. The molecule has 110 valence electrons. The van der Waals surface area contributed by atoms with Crippen LogP contribution in [0.25, 0.3) is 0 Å². The normalized spacial score (nSPS) is 10.3. The van der Waals surface area contributed by atoms with Crippen molar-refractivity contribution < 1.29 is 14.6 Å². The van der Waals surface area contributed by atoms with Crippen LogP contribution in [0, 0.1) is 6.92 Å². The van der Waals surface area contributed by atoms with Gasteiger partial charge in [-0.05, 0) is 68.6 Å². The summed E-state index contributed by atoms with van der Waals surface area (Å²) in [6.45, 7) is 1.77. The fraction of sp³-hybridized carbons (Fsp3) is 0.133. The first-order valence-corrected chi connectivity index (χ1v) is 7.65. The van der Waals surface area contributed by atoms with Crippen molar-refractivity contribution in [3.05, 3.63) is 50.4 Å². The summed E-state index contributed by atoms with van der Waals surface area (Å²) in [5.74, 6) is -0.217. The predicted molar refractivity (Wildman–Crippen MR) is 89.8 cm³/mol. The zero-order valence-corrected chi connectivity index (χ0v) is 14.6. The van der Waals surface area contributed by atoms with Gasteiger partial charge in [-0.25, -0.2) is 4.79 Å². The third-order valence-electron chi connectivity index (χ3n) is 2.98. The molecule has 2 aromatic carbocycles. The molecule has 0 aliphatic heterocycles. The van der Waals surface area contributed by atoms with Gasteiger partial charge in [-0.1, -0.05) is 0 Å².